The van der Waals surface area contributed by atoms with Crippen molar-refractivity contribution < 1.29 is 14.3 Å². The van der Waals surface area contributed by atoms with E-state index in [-0.39, 0.29) is 12.2 Å². The normalized spacial score (nSPS) is 36.9. The topological polar surface area (TPSA) is 35.5 Å². The minimum atomic E-state index is -0.390. The fraction of sp³-hybridized carbons (Fsp3) is 0.957. The van der Waals surface area contributed by atoms with E-state index in [1.54, 1.807) is 0 Å². The zero-order valence-electron chi connectivity index (χ0n) is 16.5. The Balaban J connectivity index is 1.12. The highest BCUT2D eigenvalue weighted by molar-refractivity contribution is 5.60. The van der Waals surface area contributed by atoms with Gasteiger partial charge in [0.2, 0.25) is 0 Å². The summed E-state index contributed by atoms with van der Waals surface area (Å²) < 4.78 is 11.3. The van der Waals surface area contributed by atoms with Crippen LogP contribution in [0, 0.1) is 23.7 Å². The molecule has 3 nitrogen and oxygen atoms in total. The molecule has 4 rings (SSSR count). The molecule has 0 aromatic rings. The van der Waals surface area contributed by atoms with Crippen LogP contribution < -0.4 is 0 Å². The third-order valence-corrected chi connectivity index (χ3v) is 8.10. The summed E-state index contributed by atoms with van der Waals surface area (Å²) in [7, 11) is 0. The number of ether oxygens (including phenoxy) is 2. The standard InChI is InChI=1S/C23H38O3/c24-23(25-21-13-9-19(10-14-21)17-5-1-2-6-17)26-22-15-11-20(12-16-22)18-7-3-4-8-18/h17-22H,1-16H2. The summed E-state index contributed by atoms with van der Waals surface area (Å²) in [6, 6.07) is 0. The number of rotatable bonds is 4. The lowest BCUT2D eigenvalue weighted by Crippen LogP contribution is -2.31. The first-order valence-electron chi connectivity index (χ1n) is 11.6. The maximum Gasteiger partial charge on any atom is 0.508 e. The summed E-state index contributed by atoms with van der Waals surface area (Å²) >= 11 is 0. The van der Waals surface area contributed by atoms with Gasteiger partial charge in [-0.05, 0) is 75.0 Å². The van der Waals surface area contributed by atoms with E-state index >= 15 is 0 Å². The highest BCUT2D eigenvalue weighted by Gasteiger charge is 2.33. The minimum absolute atomic E-state index is 0.106. The summed E-state index contributed by atoms with van der Waals surface area (Å²) in [5.74, 6) is 3.69. The summed E-state index contributed by atoms with van der Waals surface area (Å²) in [6.07, 6.45) is 20.4. The van der Waals surface area contributed by atoms with Gasteiger partial charge in [-0.1, -0.05) is 51.4 Å². The van der Waals surface area contributed by atoms with E-state index in [9.17, 15) is 4.79 Å². The molecule has 0 amide bonds. The molecule has 0 atom stereocenters. The van der Waals surface area contributed by atoms with Crippen molar-refractivity contribution in [2.24, 2.45) is 23.7 Å². The van der Waals surface area contributed by atoms with Crippen LogP contribution in [0.3, 0.4) is 0 Å². The molecule has 4 fully saturated rings. The SMILES string of the molecule is O=C(OC1CCC(C2CCCC2)CC1)OC1CCC(C2CCCC2)CC1. The zero-order valence-corrected chi connectivity index (χ0v) is 16.5. The predicted molar refractivity (Wildman–Crippen MR) is 103 cm³/mol. The van der Waals surface area contributed by atoms with E-state index in [1.807, 2.05) is 0 Å². The molecule has 0 aromatic carbocycles. The maximum atomic E-state index is 12.2. The van der Waals surface area contributed by atoms with Crippen LogP contribution in [0.4, 0.5) is 4.79 Å². The van der Waals surface area contributed by atoms with Gasteiger partial charge in [-0.2, -0.15) is 0 Å². The first-order chi connectivity index (χ1) is 12.8. The van der Waals surface area contributed by atoms with Crippen LogP contribution in [0.25, 0.3) is 0 Å². The third-order valence-electron chi connectivity index (χ3n) is 8.10. The van der Waals surface area contributed by atoms with Crippen molar-refractivity contribution in [2.75, 3.05) is 0 Å². The summed E-state index contributed by atoms with van der Waals surface area (Å²) in [4.78, 5) is 12.2. The molecule has 0 unspecified atom stereocenters. The van der Waals surface area contributed by atoms with Gasteiger partial charge in [0.1, 0.15) is 12.2 Å². The molecule has 0 bridgehead atoms. The van der Waals surface area contributed by atoms with Gasteiger partial charge in [0.05, 0.1) is 0 Å². The molecule has 26 heavy (non-hydrogen) atoms. The van der Waals surface area contributed by atoms with E-state index in [0.717, 1.165) is 49.4 Å². The first kappa shape index (κ1) is 18.6. The fourth-order valence-corrected chi connectivity index (χ4v) is 6.51. The molecule has 4 aliphatic carbocycles. The van der Waals surface area contributed by atoms with Crippen LogP contribution in [-0.4, -0.2) is 18.4 Å². The Bertz CT molecular complexity index is 394. The highest BCUT2D eigenvalue weighted by Crippen LogP contribution is 2.41. The molecule has 0 heterocycles. The van der Waals surface area contributed by atoms with Gasteiger partial charge in [0, 0.05) is 0 Å². The van der Waals surface area contributed by atoms with Gasteiger partial charge in [0.25, 0.3) is 0 Å². The second kappa shape index (κ2) is 8.97. The van der Waals surface area contributed by atoms with Gasteiger partial charge >= 0.3 is 6.16 Å². The Morgan fingerprint density at radius 2 is 0.769 bits per heavy atom. The van der Waals surface area contributed by atoms with E-state index in [2.05, 4.69) is 0 Å². The lowest BCUT2D eigenvalue weighted by molar-refractivity contribution is -0.0298. The molecule has 0 spiro atoms. The molecule has 4 saturated carbocycles. The predicted octanol–water partition coefficient (Wildman–Crippen LogP) is 6.64. The molecule has 148 valence electrons. The summed E-state index contributed by atoms with van der Waals surface area (Å²) in [5, 5.41) is 0. The van der Waals surface area contributed by atoms with Crippen molar-refractivity contribution in [3.05, 3.63) is 0 Å². The molecule has 3 heteroatoms. The van der Waals surface area contributed by atoms with Crippen molar-refractivity contribution in [3.63, 3.8) is 0 Å². The lowest BCUT2D eigenvalue weighted by Gasteiger charge is -2.33. The number of hydrogen-bond acceptors (Lipinski definition) is 3. The molecule has 0 radical (unpaired) electrons. The molecule has 0 aromatic heterocycles. The lowest BCUT2D eigenvalue weighted by atomic mass is 9.78. The Morgan fingerprint density at radius 1 is 0.462 bits per heavy atom. The minimum Gasteiger partial charge on any atom is -0.431 e. The maximum absolute atomic E-state index is 12.2. The van der Waals surface area contributed by atoms with Crippen molar-refractivity contribution in [2.45, 2.75) is 115 Å². The van der Waals surface area contributed by atoms with E-state index < -0.39 is 6.16 Å². The van der Waals surface area contributed by atoms with Crippen molar-refractivity contribution >= 4 is 6.16 Å². The Morgan fingerprint density at radius 3 is 1.12 bits per heavy atom. The monoisotopic (exact) mass is 362 g/mol. The average molecular weight is 363 g/mol. The van der Waals surface area contributed by atoms with Gasteiger partial charge < -0.3 is 9.47 Å². The van der Waals surface area contributed by atoms with E-state index in [1.165, 1.54) is 77.0 Å². The quantitative estimate of drug-likeness (QED) is 0.526. The third kappa shape index (κ3) is 4.75. The molecule has 4 aliphatic rings. The first-order valence-corrected chi connectivity index (χ1v) is 11.6. The molecule has 0 aliphatic heterocycles. The molecule has 0 saturated heterocycles. The largest absolute Gasteiger partial charge is 0.508 e. The van der Waals surface area contributed by atoms with Gasteiger partial charge in [-0.25, -0.2) is 4.79 Å². The van der Waals surface area contributed by atoms with Gasteiger partial charge in [0.15, 0.2) is 0 Å². The average Bonchev–Trinajstić information content (AvgIpc) is 3.37. The molecular weight excluding hydrogens is 324 g/mol. The van der Waals surface area contributed by atoms with E-state index in [4.69, 9.17) is 9.47 Å². The Kier molecular flexibility index (Phi) is 6.43. The van der Waals surface area contributed by atoms with Crippen LogP contribution in [0.15, 0.2) is 0 Å². The second-order valence-corrected chi connectivity index (χ2v) is 9.65. The van der Waals surface area contributed by atoms with Crippen LogP contribution in [0.1, 0.15) is 103 Å². The summed E-state index contributed by atoms with van der Waals surface area (Å²) in [6.45, 7) is 0. The second-order valence-electron chi connectivity index (χ2n) is 9.65. The summed E-state index contributed by atoms with van der Waals surface area (Å²) in [5.41, 5.74) is 0. The zero-order chi connectivity index (χ0) is 17.8. The number of hydrogen-bond donors (Lipinski definition) is 0. The van der Waals surface area contributed by atoms with Crippen molar-refractivity contribution in [1.82, 2.24) is 0 Å². The molecule has 0 N–H and O–H groups in total. The van der Waals surface area contributed by atoms with Crippen LogP contribution >= 0.6 is 0 Å². The Hall–Kier alpha value is -0.730. The number of carbonyl (C=O) groups excluding carboxylic acids is 1. The van der Waals surface area contributed by atoms with Crippen LogP contribution in [-0.2, 0) is 9.47 Å². The highest BCUT2D eigenvalue weighted by atomic mass is 16.7. The number of carbonyl (C=O) groups is 1. The van der Waals surface area contributed by atoms with Gasteiger partial charge in [-0.15, -0.1) is 0 Å². The van der Waals surface area contributed by atoms with E-state index in [0.29, 0.717) is 0 Å². The fourth-order valence-electron chi connectivity index (χ4n) is 6.51. The van der Waals surface area contributed by atoms with Crippen LogP contribution in [0.2, 0.25) is 0 Å². The van der Waals surface area contributed by atoms with Crippen molar-refractivity contribution in [1.29, 1.82) is 0 Å². The smallest absolute Gasteiger partial charge is 0.431 e. The van der Waals surface area contributed by atoms with Gasteiger partial charge in [-0.3, -0.25) is 0 Å². The van der Waals surface area contributed by atoms with Crippen molar-refractivity contribution in [3.8, 4) is 0 Å². The molecular formula is C23H38O3. The van der Waals surface area contributed by atoms with Crippen LogP contribution in [0.5, 0.6) is 0 Å². The Labute approximate surface area is 159 Å².